The minimum Gasteiger partial charge on any atom is -0.412 e. The molecule has 2 rings (SSSR count). The van der Waals surface area contributed by atoms with Gasteiger partial charge in [-0.15, -0.1) is 36.2 Å². The molecule has 2 aromatic heterocycles. The largest absolute Gasteiger partial charge is 0.412 e. The number of imidazole rings is 1. The molecule has 0 atom stereocenters. The van der Waals surface area contributed by atoms with E-state index in [9.17, 15) is 0 Å². The lowest BCUT2D eigenvalue weighted by atomic mass is 10.5. The maximum atomic E-state index is 5.40. The van der Waals surface area contributed by atoms with Crippen molar-refractivity contribution in [2.75, 3.05) is 0 Å². The van der Waals surface area contributed by atoms with Crippen LogP contribution in [0.15, 0.2) is 17.8 Å². The molecule has 0 aliphatic heterocycles. The van der Waals surface area contributed by atoms with Gasteiger partial charge in [-0.05, 0) is 0 Å². The van der Waals surface area contributed by atoms with Crippen LogP contribution >= 0.6 is 36.2 Å². The number of hydrogen-bond donors (Lipinski definition) is 1. The highest BCUT2D eigenvalue weighted by molar-refractivity contribution is 7.15. The van der Waals surface area contributed by atoms with Gasteiger partial charge in [0.05, 0.1) is 5.69 Å². The number of nitrogens with zero attached hydrogens (tertiary/aromatic N) is 2. The molecule has 0 unspecified atom stereocenters. The molecule has 0 bridgehead atoms. The predicted octanol–water partition coefficient (Wildman–Crippen LogP) is 0.873. The Labute approximate surface area is 91.9 Å². The molecule has 0 amide bonds. The highest BCUT2D eigenvalue weighted by Crippen LogP contribution is 2.10. The Kier molecular flexibility index (Phi) is 7.20. The summed E-state index contributed by atoms with van der Waals surface area (Å²) in [7, 11) is 0. The monoisotopic (exact) mass is 243 g/mol. The van der Waals surface area contributed by atoms with Crippen molar-refractivity contribution in [3.8, 4) is 0 Å². The summed E-state index contributed by atoms with van der Waals surface area (Å²) in [5, 5.41) is 2.00. The summed E-state index contributed by atoms with van der Waals surface area (Å²) in [6.45, 7) is 0.522. The van der Waals surface area contributed by atoms with Crippen molar-refractivity contribution in [3.63, 3.8) is 0 Å². The van der Waals surface area contributed by atoms with Crippen LogP contribution in [0.2, 0.25) is 0 Å². The normalized spacial score (nSPS) is 8.38. The van der Waals surface area contributed by atoms with Gasteiger partial charge in [0.2, 0.25) is 0 Å². The molecule has 0 saturated carbocycles. The van der Waals surface area contributed by atoms with Gasteiger partial charge in [0, 0.05) is 24.3 Å². The van der Waals surface area contributed by atoms with E-state index < -0.39 is 0 Å². The third-order valence-corrected chi connectivity index (χ3v) is 2.12. The van der Waals surface area contributed by atoms with Gasteiger partial charge in [-0.1, -0.05) is 0 Å². The van der Waals surface area contributed by atoms with Crippen molar-refractivity contribution in [1.29, 1.82) is 0 Å². The third-order valence-electron chi connectivity index (χ3n) is 1.35. The first-order valence-corrected chi connectivity index (χ1v) is 3.89. The van der Waals surface area contributed by atoms with Crippen molar-refractivity contribution < 1.29 is 5.48 Å². The maximum absolute atomic E-state index is 5.40. The van der Waals surface area contributed by atoms with E-state index in [-0.39, 0.29) is 30.3 Å². The van der Waals surface area contributed by atoms with E-state index in [1.165, 1.54) is 0 Å². The fraction of sp³-hybridized carbons (Fsp3) is 0.167. The van der Waals surface area contributed by atoms with E-state index in [0.717, 1.165) is 10.7 Å². The van der Waals surface area contributed by atoms with Crippen LogP contribution < -0.4 is 5.73 Å². The SMILES string of the molecule is Cl.Cl.NCc1cn2ccsc2n1.O. The summed E-state index contributed by atoms with van der Waals surface area (Å²) in [6, 6.07) is 0. The van der Waals surface area contributed by atoms with Crippen LogP contribution in [0.5, 0.6) is 0 Å². The number of thiazole rings is 1. The molecular weight excluding hydrogens is 233 g/mol. The Hall–Kier alpha value is -0.330. The van der Waals surface area contributed by atoms with Crippen LogP contribution in [-0.4, -0.2) is 14.9 Å². The number of fused-ring (bicyclic) bond motifs is 1. The molecule has 13 heavy (non-hydrogen) atoms. The summed E-state index contributed by atoms with van der Waals surface area (Å²) in [5.41, 5.74) is 6.35. The molecule has 0 spiro atoms. The highest BCUT2D eigenvalue weighted by atomic mass is 35.5. The van der Waals surface area contributed by atoms with Crippen LogP contribution in [0, 0.1) is 0 Å². The molecule has 0 aromatic carbocycles. The second-order valence-electron chi connectivity index (χ2n) is 2.03. The molecule has 0 radical (unpaired) electrons. The Morgan fingerprint density at radius 1 is 1.46 bits per heavy atom. The Balaban J connectivity index is 0. The zero-order valence-corrected chi connectivity index (χ0v) is 9.09. The smallest absolute Gasteiger partial charge is 0.193 e. The Bertz CT molecular complexity index is 320. The molecule has 2 heterocycles. The van der Waals surface area contributed by atoms with Gasteiger partial charge in [0.25, 0.3) is 0 Å². The fourth-order valence-corrected chi connectivity index (χ4v) is 1.59. The van der Waals surface area contributed by atoms with Gasteiger partial charge in [-0.25, -0.2) is 4.98 Å². The van der Waals surface area contributed by atoms with Crippen LogP contribution in [0.4, 0.5) is 0 Å². The lowest BCUT2D eigenvalue weighted by molar-refractivity contribution is 0.824. The molecule has 7 heteroatoms. The van der Waals surface area contributed by atoms with Crippen molar-refractivity contribution in [2.45, 2.75) is 6.54 Å². The van der Waals surface area contributed by atoms with E-state index in [0.29, 0.717) is 6.54 Å². The van der Waals surface area contributed by atoms with Gasteiger partial charge in [0.1, 0.15) is 0 Å². The number of halogens is 2. The third kappa shape index (κ3) is 2.82. The molecule has 0 saturated heterocycles. The van der Waals surface area contributed by atoms with Crippen LogP contribution in [0.1, 0.15) is 5.69 Å². The minimum atomic E-state index is 0. The summed E-state index contributed by atoms with van der Waals surface area (Å²) in [4.78, 5) is 5.26. The average molecular weight is 244 g/mol. The van der Waals surface area contributed by atoms with E-state index in [1.54, 1.807) is 11.3 Å². The van der Waals surface area contributed by atoms with Crippen LogP contribution in [0.3, 0.4) is 0 Å². The van der Waals surface area contributed by atoms with E-state index in [2.05, 4.69) is 4.98 Å². The Morgan fingerprint density at radius 3 is 2.69 bits per heavy atom. The van der Waals surface area contributed by atoms with E-state index >= 15 is 0 Å². The average Bonchev–Trinajstić information content (AvgIpc) is 2.42. The van der Waals surface area contributed by atoms with Gasteiger partial charge in [-0.3, -0.25) is 4.40 Å². The maximum Gasteiger partial charge on any atom is 0.193 e. The number of rotatable bonds is 1. The van der Waals surface area contributed by atoms with Crippen molar-refractivity contribution in [2.24, 2.45) is 5.73 Å². The van der Waals surface area contributed by atoms with Gasteiger partial charge in [-0.2, -0.15) is 0 Å². The zero-order valence-electron chi connectivity index (χ0n) is 6.64. The van der Waals surface area contributed by atoms with E-state index in [4.69, 9.17) is 5.73 Å². The van der Waals surface area contributed by atoms with Crippen molar-refractivity contribution in [1.82, 2.24) is 9.38 Å². The molecular formula is C6H11Cl2N3OS. The topological polar surface area (TPSA) is 74.8 Å². The van der Waals surface area contributed by atoms with E-state index in [1.807, 2.05) is 22.2 Å². The minimum absolute atomic E-state index is 0. The zero-order chi connectivity index (χ0) is 6.97. The molecule has 0 aliphatic rings. The second kappa shape index (κ2) is 6.17. The summed E-state index contributed by atoms with van der Waals surface area (Å²) in [5.74, 6) is 0. The van der Waals surface area contributed by atoms with Gasteiger partial charge < -0.3 is 11.2 Å². The lowest BCUT2D eigenvalue weighted by Gasteiger charge is -1.79. The second-order valence-corrected chi connectivity index (χ2v) is 2.90. The molecule has 0 fully saturated rings. The summed E-state index contributed by atoms with van der Waals surface area (Å²) < 4.78 is 1.98. The molecule has 76 valence electrons. The van der Waals surface area contributed by atoms with Crippen molar-refractivity contribution in [3.05, 3.63) is 23.5 Å². The first-order chi connectivity index (χ1) is 4.90. The molecule has 2 aromatic rings. The fourth-order valence-electron chi connectivity index (χ4n) is 0.874. The first-order valence-electron chi connectivity index (χ1n) is 3.01. The number of hydrogen-bond acceptors (Lipinski definition) is 3. The van der Waals surface area contributed by atoms with Crippen LogP contribution in [0.25, 0.3) is 4.96 Å². The first kappa shape index (κ1) is 15.2. The lowest BCUT2D eigenvalue weighted by Crippen LogP contribution is -1.95. The quantitative estimate of drug-likeness (QED) is 0.808. The number of aromatic nitrogens is 2. The molecule has 0 aliphatic carbocycles. The summed E-state index contributed by atoms with van der Waals surface area (Å²) >= 11 is 1.62. The predicted molar refractivity (Wildman–Crippen MR) is 59.1 cm³/mol. The number of nitrogens with two attached hydrogens (primary N) is 1. The summed E-state index contributed by atoms with van der Waals surface area (Å²) in [6.07, 6.45) is 3.93. The van der Waals surface area contributed by atoms with Crippen LogP contribution in [-0.2, 0) is 6.54 Å². The molecule has 4 N–H and O–H groups in total. The van der Waals surface area contributed by atoms with Crippen molar-refractivity contribution >= 4 is 41.1 Å². The standard InChI is InChI=1S/C6H7N3S.2ClH.H2O/c7-3-5-4-9-1-2-10-6(9)8-5;;;/h1-2,4H,3,7H2;2*1H;1H2. The van der Waals surface area contributed by atoms with Gasteiger partial charge >= 0.3 is 0 Å². The molecule has 4 nitrogen and oxygen atoms in total. The highest BCUT2D eigenvalue weighted by Gasteiger charge is 1.98. The van der Waals surface area contributed by atoms with Gasteiger partial charge in [0.15, 0.2) is 4.96 Å². The Morgan fingerprint density at radius 2 is 2.15 bits per heavy atom.